The van der Waals surface area contributed by atoms with E-state index in [0.717, 1.165) is 10.2 Å². The summed E-state index contributed by atoms with van der Waals surface area (Å²) in [5.41, 5.74) is 0.873. The molecule has 0 fully saturated rings. The Morgan fingerprint density at radius 3 is 2.67 bits per heavy atom. The van der Waals surface area contributed by atoms with E-state index in [1.54, 1.807) is 7.11 Å². The molecular weight excluding hydrogens is 326 g/mol. The van der Waals surface area contributed by atoms with Gasteiger partial charge in [0.1, 0.15) is 6.61 Å². The van der Waals surface area contributed by atoms with Crippen LogP contribution >= 0.6 is 11.3 Å². The molecule has 124 valence electrons. The Balaban J connectivity index is 1.45. The van der Waals surface area contributed by atoms with Gasteiger partial charge in [-0.3, -0.25) is 5.32 Å². The molecule has 6 nitrogen and oxygen atoms in total. The Labute approximate surface area is 143 Å². The topological polar surface area (TPSA) is 72.5 Å². The number of carbonyl (C=O) groups excluding carboxylic acids is 1. The zero-order valence-corrected chi connectivity index (χ0v) is 13.9. The number of nitrogens with zero attached hydrogens (tertiary/aromatic N) is 1. The molecule has 2 aromatic carbocycles. The first-order valence-corrected chi connectivity index (χ1v) is 8.24. The number of rotatable bonds is 6. The van der Waals surface area contributed by atoms with Gasteiger partial charge in [-0.2, -0.15) is 0 Å². The second kappa shape index (κ2) is 7.65. The maximum Gasteiger partial charge on any atom is 0.321 e. The van der Waals surface area contributed by atoms with Crippen LogP contribution in [0.15, 0.2) is 48.5 Å². The number of methoxy groups -OCH3 is 1. The van der Waals surface area contributed by atoms with Crippen molar-refractivity contribution in [2.45, 2.75) is 0 Å². The molecule has 1 aromatic heterocycles. The quantitative estimate of drug-likeness (QED) is 0.672. The van der Waals surface area contributed by atoms with Crippen molar-refractivity contribution in [1.82, 2.24) is 10.3 Å². The number of ether oxygens (including phenoxy) is 2. The monoisotopic (exact) mass is 343 g/mol. The van der Waals surface area contributed by atoms with E-state index in [-0.39, 0.29) is 6.03 Å². The summed E-state index contributed by atoms with van der Waals surface area (Å²) in [6.45, 7) is 0.711. The number of amides is 2. The molecule has 0 aliphatic rings. The zero-order valence-electron chi connectivity index (χ0n) is 13.1. The van der Waals surface area contributed by atoms with Crippen LogP contribution in [-0.2, 0) is 0 Å². The Morgan fingerprint density at radius 2 is 1.88 bits per heavy atom. The summed E-state index contributed by atoms with van der Waals surface area (Å²) in [6.07, 6.45) is 0. The highest BCUT2D eigenvalue weighted by Crippen LogP contribution is 2.26. The fraction of sp³-hybridized carbons (Fsp3) is 0.176. The summed E-state index contributed by atoms with van der Waals surface area (Å²) in [6, 6.07) is 14.8. The van der Waals surface area contributed by atoms with Crippen molar-refractivity contribution in [1.29, 1.82) is 0 Å². The van der Waals surface area contributed by atoms with Gasteiger partial charge < -0.3 is 14.8 Å². The molecule has 3 aromatic rings. The van der Waals surface area contributed by atoms with Crippen LogP contribution in [0.25, 0.3) is 10.2 Å². The minimum Gasteiger partial charge on any atom is -0.493 e. The molecule has 0 bridgehead atoms. The van der Waals surface area contributed by atoms with Crippen molar-refractivity contribution >= 4 is 32.7 Å². The molecule has 2 N–H and O–H groups in total. The largest absolute Gasteiger partial charge is 0.493 e. The van der Waals surface area contributed by atoms with E-state index in [0.29, 0.717) is 29.8 Å². The third kappa shape index (κ3) is 3.94. The molecule has 0 saturated heterocycles. The van der Waals surface area contributed by atoms with Gasteiger partial charge in [-0.1, -0.05) is 35.6 Å². The summed E-state index contributed by atoms with van der Waals surface area (Å²) in [5, 5.41) is 6.03. The molecule has 0 radical (unpaired) electrons. The van der Waals surface area contributed by atoms with Crippen molar-refractivity contribution in [3.05, 3.63) is 48.5 Å². The van der Waals surface area contributed by atoms with Crippen LogP contribution in [0.3, 0.4) is 0 Å². The summed E-state index contributed by atoms with van der Waals surface area (Å²) >= 11 is 1.44. The van der Waals surface area contributed by atoms with Gasteiger partial charge in [-0.25, -0.2) is 9.78 Å². The van der Waals surface area contributed by atoms with E-state index in [1.165, 1.54) is 11.3 Å². The van der Waals surface area contributed by atoms with Gasteiger partial charge in [0.15, 0.2) is 16.6 Å². The van der Waals surface area contributed by atoms with E-state index in [1.807, 2.05) is 48.5 Å². The van der Waals surface area contributed by atoms with Crippen molar-refractivity contribution in [2.75, 3.05) is 25.6 Å². The van der Waals surface area contributed by atoms with Crippen LogP contribution in [0.1, 0.15) is 0 Å². The standard InChI is InChI=1S/C17H17N3O3S/c1-22-13-7-3-4-8-14(13)23-11-10-18-16(21)20-17-19-12-6-2-5-9-15(12)24-17/h2-9H,10-11H2,1H3,(H2,18,19,20,21). The van der Waals surface area contributed by atoms with Crippen molar-refractivity contribution in [3.8, 4) is 11.5 Å². The number of urea groups is 1. The number of carbonyl (C=O) groups is 1. The van der Waals surface area contributed by atoms with Gasteiger partial charge in [0, 0.05) is 0 Å². The molecule has 0 spiro atoms. The molecule has 0 unspecified atom stereocenters. The van der Waals surface area contributed by atoms with Gasteiger partial charge in [0.25, 0.3) is 0 Å². The molecule has 0 atom stereocenters. The maximum atomic E-state index is 11.9. The van der Waals surface area contributed by atoms with Crippen LogP contribution in [0.5, 0.6) is 11.5 Å². The van der Waals surface area contributed by atoms with Crippen LogP contribution < -0.4 is 20.1 Å². The SMILES string of the molecule is COc1ccccc1OCCNC(=O)Nc1nc2ccccc2s1. The first kappa shape index (κ1) is 16.1. The van der Waals surface area contributed by atoms with Crippen molar-refractivity contribution in [2.24, 2.45) is 0 Å². The molecule has 24 heavy (non-hydrogen) atoms. The highest BCUT2D eigenvalue weighted by atomic mass is 32.1. The predicted molar refractivity (Wildman–Crippen MR) is 95.1 cm³/mol. The van der Waals surface area contributed by atoms with Crippen LogP contribution in [0, 0.1) is 0 Å². The average Bonchev–Trinajstić information content (AvgIpc) is 3.01. The highest BCUT2D eigenvalue weighted by Gasteiger charge is 2.07. The number of benzene rings is 2. The van der Waals surface area contributed by atoms with Gasteiger partial charge in [0.05, 0.1) is 23.9 Å². The number of hydrogen-bond acceptors (Lipinski definition) is 5. The lowest BCUT2D eigenvalue weighted by molar-refractivity contribution is 0.246. The van der Waals surface area contributed by atoms with Crippen molar-refractivity contribution in [3.63, 3.8) is 0 Å². The van der Waals surface area contributed by atoms with E-state index in [4.69, 9.17) is 9.47 Å². The van der Waals surface area contributed by atoms with Crippen LogP contribution in [0.2, 0.25) is 0 Å². The van der Waals surface area contributed by atoms with Gasteiger partial charge in [-0.15, -0.1) is 0 Å². The van der Waals surface area contributed by atoms with Crippen LogP contribution in [-0.4, -0.2) is 31.3 Å². The number of aromatic nitrogens is 1. The molecule has 0 aliphatic carbocycles. The number of para-hydroxylation sites is 3. The molecule has 1 heterocycles. The number of hydrogen-bond donors (Lipinski definition) is 2. The molecule has 3 rings (SSSR count). The summed E-state index contributed by atoms with van der Waals surface area (Å²) < 4.78 is 11.8. The van der Waals surface area contributed by atoms with E-state index in [2.05, 4.69) is 15.6 Å². The van der Waals surface area contributed by atoms with E-state index >= 15 is 0 Å². The first-order chi connectivity index (χ1) is 11.8. The summed E-state index contributed by atoms with van der Waals surface area (Å²) in [7, 11) is 1.59. The zero-order chi connectivity index (χ0) is 16.8. The van der Waals surface area contributed by atoms with E-state index in [9.17, 15) is 4.79 Å². The average molecular weight is 343 g/mol. The third-order valence-electron chi connectivity index (χ3n) is 3.23. The van der Waals surface area contributed by atoms with Gasteiger partial charge >= 0.3 is 6.03 Å². The number of nitrogens with one attached hydrogen (secondary N) is 2. The summed E-state index contributed by atoms with van der Waals surface area (Å²) in [4.78, 5) is 16.2. The molecule has 0 aliphatic heterocycles. The Hall–Kier alpha value is -2.80. The fourth-order valence-corrected chi connectivity index (χ4v) is 2.99. The third-order valence-corrected chi connectivity index (χ3v) is 4.18. The summed E-state index contributed by atoms with van der Waals surface area (Å²) in [5.74, 6) is 1.31. The minimum atomic E-state index is -0.308. The first-order valence-electron chi connectivity index (χ1n) is 7.42. The van der Waals surface area contributed by atoms with Gasteiger partial charge in [0.2, 0.25) is 0 Å². The van der Waals surface area contributed by atoms with E-state index < -0.39 is 0 Å². The normalized spacial score (nSPS) is 10.4. The lowest BCUT2D eigenvalue weighted by Crippen LogP contribution is -2.32. The number of fused-ring (bicyclic) bond motifs is 1. The minimum absolute atomic E-state index is 0.308. The predicted octanol–water partition coefficient (Wildman–Crippen LogP) is 3.51. The number of anilines is 1. The second-order valence-electron chi connectivity index (χ2n) is 4.87. The molecule has 0 saturated carbocycles. The molecule has 7 heteroatoms. The number of thiazole rings is 1. The Morgan fingerprint density at radius 1 is 1.12 bits per heavy atom. The highest BCUT2D eigenvalue weighted by molar-refractivity contribution is 7.22. The fourth-order valence-electron chi connectivity index (χ4n) is 2.13. The lowest BCUT2D eigenvalue weighted by atomic mass is 10.3. The maximum absolute atomic E-state index is 11.9. The molecule has 2 amide bonds. The second-order valence-corrected chi connectivity index (χ2v) is 5.90. The Bertz CT molecular complexity index is 802. The smallest absolute Gasteiger partial charge is 0.321 e. The molecular formula is C17H17N3O3S. The lowest BCUT2D eigenvalue weighted by Gasteiger charge is -2.10. The Kier molecular flexibility index (Phi) is 5.12. The van der Waals surface area contributed by atoms with Crippen molar-refractivity contribution < 1.29 is 14.3 Å². The van der Waals surface area contributed by atoms with Crippen LogP contribution in [0.4, 0.5) is 9.93 Å². The van der Waals surface area contributed by atoms with Gasteiger partial charge in [-0.05, 0) is 24.3 Å².